The Kier molecular flexibility index (Phi) is 4.92. The van der Waals surface area contributed by atoms with Gasteiger partial charge >= 0.3 is 0 Å². The van der Waals surface area contributed by atoms with E-state index in [2.05, 4.69) is 5.32 Å². The number of carbonyl (C=O) groups excluding carboxylic acids is 1. The van der Waals surface area contributed by atoms with Gasteiger partial charge in [-0.3, -0.25) is 4.79 Å². The normalized spacial score (nSPS) is 11.2. The fourth-order valence-corrected chi connectivity index (χ4v) is 2.56. The first kappa shape index (κ1) is 15.9. The van der Waals surface area contributed by atoms with Gasteiger partial charge in [0.05, 0.1) is 22.0 Å². The molecule has 0 atom stereocenters. The maximum absolute atomic E-state index is 12.3. The monoisotopic (exact) mass is 321 g/mol. The second kappa shape index (κ2) is 6.50. The van der Waals surface area contributed by atoms with Crippen molar-refractivity contribution >= 4 is 29.1 Å². The van der Waals surface area contributed by atoms with Crippen LogP contribution in [0.4, 0.5) is 0 Å². The molecule has 2 rings (SSSR count). The van der Waals surface area contributed by atoms with Crippen LogP contribution in [0.1, 0.15) is 25.0 Å². The molecular weight excluding hydrogens is 305 g/mol. The number of hydrogen-bond donors (Lipinski definition) is 1. The van der Waals surface area contributed by atoms with Crippen LogP contribution >= 0.6 is 23.2 Å². The smallest absolute Gasteiger partial charge is 0.225 e. The number of carbonyl (C=O) groups is 1. The molecule has 0 saturated carbocycles. The van der Waals surface area contributed by atoms with E-state index in [0.717, 1.165) is 11.1 Å². The van der Waals surface area contributed by atoms with Crippen molar-refractivity contribution in [2.75, 3.05) is 0 Å². The highest BCUT2D eigenvalue weighted by atomic mass is 35.5. The lowest BCUT2D eigenvalue weighted by Gasteiger charge is -2.27. The molecule has 0 fully saturated rings. The Hall–Kier alpha value is -1.51. The van der Waals surface area contributed by atoms with Crippen LogP contribution in [0.2, 0.25) is 10.0 Å². The standard InChI is InChI=1S/C17H17Cl2NO/c1-17(2,13-8-4-3-5-9-13)20-15(21)11-12-7-6-10-14(18)16(12)19/h3-10H,11H2,1-2H3,(H,20,21). The molecule has 1 N–H and O–H groups in total. The van der Waals surface area contributed by atoms with E-state index in [1.54, 1.807) is 12.1 Å². The van der Waals surface area contributed by atoms with Crippen molar-refractivity contribution in [3.05, 3.63) is 69.7 Å². The van der Waals surface area contributed by atoms with Gasteiger partial charge in [0.15, 0.2) is 0 Å². The molecule has 1 amide bonds. The Balaban J connectivity index is 2.10. The predicted molar refractivity (Wildman–Crippen MR) is 87.8 cm³/mol. The highest BCUT2D eigenvalue weighted by Gasteiger charge is 2.22. The molecule has 0 aliphatic rings. The van der Waals surface area contributed by atoms with E-state index in [4.69, 9.17) is 23.2 Å². The summed E-state index contributed by atoms with van der Waals surface area (Å²) >= 11 is 12.1. The van der Waals surface area contributed by atoms with Crippen LogP contribution < -0.4 is 5.32 Å². The molecule has 2 aromatic rings. The summed E-state index contributed by atoms with van der Waals surface area (Å²) in [4.78, 5) is 12.3. The summed E-state index contributed by atoms with van der Waals surface area (Å²) in [5.74, 6) is -0.0898. The van der Waals surface area contributed by atoms with Crippen LogP contribution in [0.15, 0.2) is 48.5 Å². The van der Waals surface area contributed by atoms with Crippen molar-refractivity contribution in [3.8, 4) is 0 Å². The number of amides is 1. The lowest BCUT2D eigenvalue weighted by Crippen LogP contribution is -2.41. The summed E-state index contributed by atoms with van der Waals surface area (Å²) in [7, 11) is 0. The van der Waals surface area contributed by atoms with E-state index in [1.807, 2.05) is 50.2 Å². The van der Waals surface area contributed by atoms with E-state index >= 15 is 0 Å². The van der Waals surface area contributed by atoms with Gasteiger partial charge in [0.25, 0.3) is 0 Å². The minimum atomic E-state index is -0.441. The molecule has 0 bridgehead atoms. The lowest BCUT2D eigenvalue weighted by molar-refractivity contribution is -0.122. The summed E-state index contributed by atoms with van der Waals surface area (Å²) in [5.41, 5.74) is 1.34. The average Bonchev–Trinajstić information content (AvgIpc) is 2.44. The molecule has 0 aliphatic heterocycles. The molecule has 0 aromatic heterocycles. The van der Waals surface area contributed by atoms with Crippen molar-refractivity contribution in [2.45, 2.75) is 25.8 Å². The molecule has 0 heterocycles. The van der Waals surface area contributed by atoms with Crippen molar-refractivity contribution < 1.29 is 4.79 Å². The molecule has 2 nitrogen and oxygen atoms in total. The largest absolute Gasteiger partial charge is 0.347 e. The Morgan fingerprint density at radius 3 is 2.38 bits per heavy atom. The van der Waals surface area contributed by atoms with Gasteiger partial charge in [0, 0.05) is 0 Å². The van der Waals surface area contributed by atoms with Gasteiger partial charge in [-0.15, -0.1) is 0 Å². The Morgan fingerprint density at radius 2 is 1.71 bits per heavy atom. The molecule has 4 heteroatoms. The van der Waals surface area contributed by atoms with Gasteiger partial charge in [-0.25, -0.2) is 0 Å². The fourth-order valence-electron chi connectivity index (χ4n) is 2.18. The van der Waals surface area contributed by atoms with E-state index < -0.39 is 5.54 Å². The summed E-state index contributed by atoms with van der Waals surface area (Å²) < 4.78 is 0. The second-order valence-corrected chi connectivity index (χ2v) is 6.21. The molecule has 0 radical (unpaired) electrons. The third-order valence-electron chi connectivity index (χ3n) is 3.33. The van der Waals surface area contributed by atoms with Crippen LogP contribution in [0, 0.1) is 0 Å². The first-order valence-electron chi connectivity index (χ1n) is 6.69. The van der Waals surface area contributed by atoms with Gasteiger partial charge in [0.2, 0.25) is 5.91 Å². The minimum absolute atomic E-state index is 0.0898. The third kappa shape index (κ3) is 3.99. The average molecular weight is 322 g/mol. The Bertz CT molecular complexity index is 638. The minimum Gasteiger partial charge on any atom is -0.347 e. The van der Waals surface area contributed by atoms with Crippen LogP contribution in [0.5, 0.6) is 0 Å². The highest BCUT2D eigenvalue weighted by molar-refractivity contribution is 6.42. The van der Waals surface area contributed by atoms with E-state index in [-0.39, 0.29) is 12.3 Å². The predicted octanol–water partition coefficient (Wildman–Crippen LogP) is 4.59. The van der Waals surface area contributed by atoms with Crippen molar-refractivity contribution in [2.24, 2.45) is 0 Å². The summed E-state index contributed by atoms with van der Waals surface area (Å²) in [6.45, 7) is 3.94. The quantitative estimate of drug-likeness (QED) is 0.876. The molecule has 2 aromatic carbocycles. The first-order valence-corrected chi connectivity index (χ1v) is 7.45. The van der Waals surface area contributed by atoms with Gasteiger partial charge in [-0.1, -0.05) is 65.7 Å². The zero-order valence-electron chi connectivity index (χ0n) is 12.0. The zero-order chi connectivity index (χ0) is 15.5. The molecule has 0 spiro atoms. The van der Waals surface area contributed by atoms with Crippen molar-refractivity contribution in [1.82, 2.24) is 5.32 Å². The van der Waals surface area contributed by atoms with Gasteiger partial charge < -0.3 is 5.32 Å². The summed E-state index contributed by atoms with van der Waals surface area (Å²) in [5, 5.41) is 3.93. The molecular formula is C17H17Cl2NO. The number of hydrogen-bond acceptors (Lipinski definition) is 1. The highest BCUT2D eigenvalue weighted by Crippen LogP contribution is 2.26. The van der Waals surface area contributed by atoms with Gasteiger partial charge in [-0.05, 0) is 31.0 Å². The van der Waals surface area contributed by atoms with Crippen molar-refractivity contribution in [3.63, 3.8) is 0 Å². The number of nitrogens with one attached hydrogen (secondary N) is 1. The van der Waals surface area contributed by atoms with Crippen LogP contribution in [0.25, 0.3) is 0 Å². The summed E-state index contributed by atoms with van der Waals surface area (Å²) in [6.07, 6.45) is 0.204. The molecule has 0 saturated heterocycles. The third-order valence-corrected chi connectivity index (χ3v) is 4.19. The zero-order valence-corrected chi connectivity index (χ0v) is 13.5. The van der Waals surface area contributed by atoms with Gasteiger partial charge in [0.1, 0.15) is 0 Å². The van der Waals surface area contributed by atoms with E-state index in [0.29, 0.717) is 10.0 Å². The Morgan fingerprint density at radius 1 is 1.05 bits per heavy atom. The van der Waals surface area contributed by atoms with Crippen LogP contribution in [-0.4, -0.2) is 5.91 Å². The van der Waals surface area contributed by atoms with Crippen molar-refractivity contribution in [1.29, 1.82) is 0 Å². The van der Waals surface area contributed by atoms with Crippen LogP contribution in [-0.2, 0) is 16.8 Å². The maximum atomic E-state index is 12.3. The van der Waals surface area contributed by atoms with Gasteiger partial charge in [-0.2, -0.15) is 0 Å². The summed E-state index contributed by atoms with van der Waals surface area (Å²) in [6, 6.07) is 15.2. The van der Waals surface area contributed by atoms with Crippen LogP contribution in [0.3, 0.4) is 0 Å². The number of benzene rings is 2. The first-order chi connectivity index (χ1) is 9.90. The fraction of sp³-hybridized carbons (Fsp3) is 0.235. The lowest BCUT2D eigenvalue weighted by atomic mass is 9.94. The number of halogens is 2. The topological polar surface area (TPSA) is 29.1 Å². The molecule has 0 aliphatic carbocycles. The SMILES string of the molecule is CC(C)(NC(=O)Cc1cccc(Cl)c1Cl)c1ccccc1. The Labute approximate surface area is 135 Å². The molecule has 21 heavy (non-hydrogen) atoms. The molecule has 0 unspecified atom stereocenters. The van der Waals surface area contributed by atoms with E-state index in [1.165, 1.54) is 0 Å². The maximum Gasteiger partial charge on any atom is 0.225 e. The molecule has 110 valence electrons. The second-order valence-electron chi connectivity index (χ2n) is 5.43. The van der Waals surface area contributed by atoms with E-state index in [9.17, 15) is 4.79 Å². The number of rotatable bonds is 4.